The van der Waals surface area contributed by atoms with E-state index in [1.807, 2.05) is 19.9 Å². The number of nitrogens with zero attached hydrogens (tertiary/aromatic N) is 2. The van der Waals surface area contributed by atoms with Crippen LogP contribution in [0, 0.1) is 38.0 Å². The van der Waals surface area contributed by atoms with Crippen LogP contribution in [0.2, 0.25) is 0 Å². The summed E-state index contributed by atoms with van der Waals surface area (Å²) >= 11 is 0. The fourth-order valence-electron chi connectivity index (χ4n) is 2.51. The molecule has 21 heavy (non-hydrogen) atoms. The third-order valence-electron chi connectivity index (χ3n) is 3.67. The summed E-state index contributed by atoms with van der Waals surface area (Å²) in [6.07, 6.45) is 0.464. The predicted molar refractivity (Wildman–Crippen MR) is 86.5 cm³/mol. The van der Waals surface area contributed by atoms with E-state index in [2.05, 4.69) is 37.8 Å². The van der Waals surface area contributed by atoms with E-state index in [0.717, 1.165) is 23.2 Å². The van der Waals surface area contributed by atoms with Gasteiger partial charge in [0.2, 0.25) is 0 Å². The summed E-state index contributed by atoms with van der Waals surface area (Å²) in [4.78, 5) is 14.6. The quantitative estimate of drug-likeness (QED) is 0.718. The molecule has 0 heterocycles. The van der Waals surface area contributed by atoms with Crippen LogP contribution in [0.3, 0.4) is 0 Å². The normalized spacial score (nSPS) is 11.0. The molecule has 0 unspecified atom stereocenters. The van der Waals surface area contributed by atoms with Gasteiger partial charge in [-0.2, -0.15) is 5.26 Å². The highest BCUT2D eigenvalue weighted by molar-refractivity contribution is 5.99. The van der Waals surface area contributed by atoms with E-state index in [0.29, 0.717) is 25.4 Å². The second-order valence-corrected chi connectivity index (χ2v) is 6.21. The topological polar surface area (TPSA) is 44.1 Å². The summed E-state index contributed by atoms with van der Waals surface area (Å²) in [5, 5.41) is 8.75. The molecular weight excluding hydrogens is 260 g/mol. The van der Waals surface area contributed by atoms with Crippen molar-refractivity contribution in [1.82, 2.24) is 4.90 Å². The second-order valence-electron chi connectivity index (χ2n) is 6.21. The van der Waals surface area contributed by atoms with Gasteiger partial charge in [0.1, 0.15) is 0 Å². The largest absolute Gasteiger partial charge is 0.295 e. The van der Waals surface area contributed by atoms with Crippen LogP contribution in [0.1, 0.15) is 47.3 Å². The average Bonchev–Trinajstić information content (AvgIpc) is 2.39. The van der Waals surface area contributed by atoms with Gasteiger partial charge in [-0.1, -0.05) is 19.9 Å². The summed E-state index contributed by atoms with van der Waals surface area (Å²) in [6.45, 7) is 12.2. The first kappa shape index (κ1) is 17.4. The van der Waals surface area contributed by atoms with Crippen LogP contribution < -0.4 is 0 Å². The number of hydrogen-bond acceptors (Lipinski definition) is 3. The van der Waals surface area contributed by atoms with Crippen LogP contribution >= 0.6 is 0 Å². The van der Waals surface area contributed by atoms with Crippen molar-refractivity contribution < 1.29 is 4.79 Å². The summed E-state index contributed by atoms with van der Waals surface area (Å²) in [5.74, 6) is 0.631. The van der Waals surface area contributed by atoms with Gasteiger partial charge in [-0.25, -0.2) is 0 Å². The average molecular weight is 286 g/mol. The Bertz CT molecular complexity index is 541. The van der Waals surface area contributed by atoms with E-state index in [1.165, 1.54) is 5.56 Å². The molecule has 0 radical (unpaired) electrons. The Morgan fingerprint density at radius 1 is 1.19 bits per heavy atom. The minimum Gasteiger partial charge on any atom is -0.295 e. The van der Waals surface area contributed by atoms with Crippen LogP contribution in [0.25, 0.3) is 0 Å². The van der Waals surface area contributed by atoms with Gasteiger partial charge in [0.25, 0.3) is 0 Å². The molecule has 1 aromatic rings. The molecule has 3 nitrogen and oxygen atoms in total. The Hall–Kier alpha value is -1.66. The molecule has 0 amide bonds. The van der Waals surface area contributed by atoms with Gasteiger partial charge in [0.15, 0.2) is 5.78 Å². The molecule has 114 valence electrons. The number of aryl methyl sites for hydroxylation is 3. The van der Waals surface area contributed by atoms with Crippen LogP contribution in [-0.2, 0) is 0 Å². The van der Waals surface area contributed by atoms with Crippen molar-refractivity contribution in [2.24, 2.45) is 5.92 Å². The molecule has 0 saturated heterocycles. The molecule has 0 atom stereocenters. The highest BCUT2D eigenvalue weighted by atomic mass is 16.1. The summed E-state index contributed by atoms with van der Waals surface area (Å²) in [7, 11) is 0. The van der Waals surface area contributed by atoms with E-state index < -0.39 is 0 Å². The molecule has 1 rings (SSSR count). The monoisotopic (exact) mass is 286 g/mol. The van der Waals surface area contributed by atoms with Crippen LogP contribution in [-0.4, -0.2) is 30.3 Å². The predicted octanol–water partition coefficient (Wildman–Crippen LogP) is 3.67. The molecule has 0 spiro atoms. The van der Waals surface area contributed by atoms with E-state index in [4.69, 9.17) is 5.26 Å². The zero-order valence-electron chi connectivity index (χ0n) is 13.9. The number of ketones is 1. The molecule has 3 heteroatoms. The number of carbonyl (C=O) groups is 1. The number of benzene rings is 1. The van der Waals surface area contributed by atoms with Crippen molar-refractivity contribution in [3.8, 4) is 6.07 Å². The summed E-state index contributed by atoms with van der Waals surface area (Å²) < 4.78 is 0. The number of Topliss-reactive ketones (excluding diaryl/α,β-unsaturated/α-hetero) is 1. The third-order valence-corrected chi connectivity index (χ3v) is 3.67. The van der Waals surface area contributed by atoms with Gasteiger partial charge in [-0.15, -0.1) is 0 Å². The van der Waals surface area contributed by atoms with Gasteiger partial charge in [-0.05, 0) is 49.4 Å². The second kappa shape index (κ2) is 7.95. The smallest absolute Gasteiger partial charge is 0.177 e. The molecule has 0 aliphatic rings. The van der Waals surface area contributed by atoms with Crippen molar-refractivity contribution in [3.63, 3.8) is 0 Å². The van der Waals surface area contributed by atoms with Crippen molar-refractivity contribution in [3.05, 3.63) is 34.4 Å². The highest BCUT2D eigenvalue weighted by Crippen LogP contribution is 2.16. The Labute approximate surface area is 128 Å². The molecule has 0 bridgehead atoms. The van der Waals surface area contributed by atoms with Crippen LogP contribution in [0.5, 0.6) is 0 Å². The molecule has 1 aromatic carbocycles. The van der Waals surface area contributed by atoms with Gasteiger partial charge in [0.05, 0.1) is 12.6 Å². The number of nitriles is 1. The Balaban J connectivity index is 2.86. The SMILES string of the molecule is Cc1cc(C)c(C(=O)CN(CCC#N)CC(C)C)cc1C. The molecule has 0 aromatic heterocycles. The Morgan fingerprint density at radius 2 is 1.81 bits per heavy atom. The number of carbonyl (C=O) groups excluding carboxylic acids is 1. The van der Waals surface area contributed by atoms with E-state index in [1.54, 1.807) is 0 Å². The van der Waals surface area contributed by atoms with Crippen molar-refractivity contribution >= 4 is 5.78 Å². The number of hydrogen-bond donors (Lipinski definition) is 0. The fourth-order valence-corrected chi connectivity index (χ4v) is 2.51. The lowest BCUT2D eigenvalue weighted by Crippen LogP contribution is -2.34. The molecule has 0 aliphatic carbocycles. The minimum atomic E-state index is 0.147. The van der Waals surface area contributed by atoms with Crippen molar-refractivity contribution in [2.45, 2.75) is 41.0 Å². The third kappa shape index (κ3) is 5.32. The maximum absolute atomic E-state index is 12.6. The molecule has 0 fully saturated rings. The lowest BCUT2D eigenvalue weighted by Gasteiger charge is -2.23. The first-order valence-corrected chi connectivity index (χ1v) is 7.55. The van der Waals surface area contributed by atoms with E-state index in [9.17, 15) is 4.79 Å². The molecular formula is C18H26N2O. The first-order chi connectivity index (χ1) is 9.85. The summed E-state index contributed by atoms with van der Waals surface area (Å²) in [6, 6.07) is 6.22. The molecule has 0 saturated carbocycles. The van der Waals surface area contributed by atoms with Gasteiger partial charge >= 0.3 is 0 Å². The van der Waals surface area contributed by atoms with E-state index in [-0.39, 0.29) is 5.78 Å². The van der Waals surface area contributed by atoms with Gasteiger partial charge < -0.3 is 0 Å². The van der Waals surface area contributed by atoms with E-state index >= 15 is 0 Å². The molecule has 0 aliphatic heterocycles. The Morgan fingerprint density at radius 3 is 2.38 bits per heavy atom. The zero-order chi connectivity index (χ0) is 16.0. The van der Waals surface area contributed by atoms with Gasteiger partial charge in [0, 0.05) is 25.1 Å². The maximum Gasteiger partial charge on any atom is 0.177 e. The summed E-state index contributed by atoms with van der Waals surface area (Å²) in [5.41, 5.74) is 4.21. The lowest BCUT2D eigenvalue weighted by atomic mass is 9.97. The fraction of sp³-hybridized carbons (Fsp3) is 0.556. The van der Waals surface area contributed by atoms with Crippen LogP contribution in [0.15, 0.2) is 12.1 Å². The minimum absolute atomic E-state index is 0.147. The zero-order valence-corrected chi connectivity index (χ0v) is 13.9. The highest BCUT2D eigenvalue weighted by Gasteiger charge is 2.16. The molecule has 0 N–H and O–H groups in total. The Kier molecular flexibility index (Phi) is 6.58. The standard InChI is InChI=1S/C18H26N2O/c1-13(2)11-20(8-6-7-19)12-18(21)17-10-15(4)14(3)9-16(17)5/h9-10,13H,6,8,11-12H2,1-5H3. The maximum atomic E-state index is 12.6. The van der Waals surface area contributed by atoms with Crippen molar-refractivity contribution in [2.75, 3.05) is 19.6 Å². The van der Waals surface area contributed by atoms with Crippen molar-refractivity contribution in [1.29, 1.82) is 5.26 Å². The van der Waals surface area contributed by atoms with Gasteiger partial charge in [-0.3, -0.25) is 9.69 Å². The lowest BCUT2D eigenvalue weighted by molar-refractivity contribution is 0.0923. The number of rotatable bonds is 7. The first-order valence-electron chi connectivity index (χ1n) is 7.55. The van der Waals surface area contributed by atoms with Crippen LogP contribution in [0.4, 0.5) is 0 Å².